The normalized spacial score (nSPS) is 12.8. The Bertz CT molecular complexity index is 426. The molecule has 1 aromatic carbocycles. The second-order valence-electron chi connectivity index (χ2n) is 5.51. The smallest absolute Gasteiger partial charge is 0.314 e. The minimum absolute atomic E-state index is 0.269. The van der Waals surface area contributed by atoms with Gasteiger partial charge in [0.1, 0.15) is 12.4 Å². The highest BCUT2D eigenvalue weighted by Gasteiger charge is 2.29. The molecule has 4 nitrogen and oxygen atoms in total. The number of rotatable bonds is 7. The fourth-order valence-electron chi connectivity index (χ4n) is 1.88. The van der Waals surface area contributed by atoms with Crippen molar-refractivity contribution in [3.63, 3.8) is 0 Å². The first-order valence-corrected chi connectivity index (χ1v) is 6.95. The molecule has 0 saturated heterocycles. The predicted octanol–water partition coefficient (Wildman–Crippen LogP) is 2.94. The molecular weight excluding hydrogens is 254 g/mol. The summed E-state index contributed by atoms with van der Waals surface area (Å²) >= 11 is 0. The molecule has 0 aliphatic heterocycles. The van der Waals surface area contributed by atoms with Gasteiger partial charge in [-0.25, -0.2) is 0 Å². The van der Waals surface area contributed by atoms with E-state index in [1.54, 1.807) is 13.8 Å². The van der Waals surface area contributed by atoms with Crippen LogP contribution in [-0.2, 0) is 9.53 Å². The number of nitrogens with one attached hydrogen (secondary N) is 1. The Hall–Kier alpha value is -1.55. The molecule has 0 aliphatic rings. The van der Waals surface area contributed by atoms with Gasteiger partial charge in [-0.2, -0.15) is 0 Å². The largest absolute Gasteiger partial charge is 0.492 e. The minimum atomic E-state index is -0.648. The van der Waals surface area contributed by atoms with Gasteiger partial charge in [0, 0.05) is 6.04 Å². The van der Waals surface area contributed by atoms with E-state index >= 15 is 0 Å². The molecule has 1 unspecified atom stereocenters. The Balaban J connectivity index is 2.60. The highest BCUT2D eigenvalue weighted by molar-refractivity contribution is 5.75. The quantitative estimate of drug-likeness (QED) is 0.780. The summed E-state index contributed by atoms with van der Waals surface area (Å²) in [5.74, 6) is 0.490. The first-order chi connectivity index (χ1) is 9.40. The molecule has 0 spiro atoms. The number of carbonyl (C=O) groups excluding carboxylic acids is 1. The number of esters is 1. The van der Waals surface area contributed by atoms with E-state index in [2.05, 4.69) is 19.2 Å². The monoisotopic (exact) mass is 279 g/mol. The van der Waals surface area contributed by atoms with Crippen molar-refractivity contribution in [3.8, 4) is 5.75 Å². The van der Waals surface area contributed by atoms with Crippen LogP contribution in [0.5, 0.6) is 5.75 Å². The predicted molar refractivity (Wildman–Crippen MR) is 79.8 cm³/mol. The lowest BCUT2D eigenvalue weighted by atomic mass is 9.95. The van der Waals surface area contributed by atoms with Gasteiger partial charge in [-0.05, 0) is 45.0 Å². The number of methoxy groups -OCH3 is 1. The molecule has 0 aromatic heterocycles. The number of hydrogen-bond acceptors (Lipinski definition) is 4. The Morgan fingerprint density at radius 3 is 2.40 bits per heavy atom. The molecule has 112 valence electrons. The van der Waals surface area contributed by atoms with Crippen LogP contribution in [0.1, 0.15) is 39.3 Å². The van der Waals surface area contributed by atoms with Crippen molar-refractivity contribution in [2.75, 3.05) is 20.3 Å². The van der Waals surface area contributed by atoms with E-state index in [9.17, 15) is 4.79 Å². The third kappa shape index (κ3) is 4.53. The van der Waals surface area contributed by atoms with Crippen molar-refractivity contribution in [3.05, 3.63) is 29.8 Å². The minimum Gasteiger partial charge on any atom is -0.492 e. The molecular formula is C16H25NO3. The summed E-state index contributed by atoms with van der Waals surface area (Å²) in [5.41, 5.74) is 0.566. The molecule has 0 heterocycles. The van der Waals surface area contributed by atoms with E-state index in [4.69, 9.17) is 9.47 Å². The van der Waals surface area contributed by atoms with Crippen molar-refractivity contribution >= 4 is 5.97 Å². The highest BCUT2D eigenvalue weighted by Crippen LogP contribution is 2.22. The number of carbonyl (C=O) groups is 1. The van der Waals surface area contributed by atoms with Gasteiger partial charge in [0.05, 0.1) is 12.5 Å². The van der Waals surface area contributed by atoms with Crippen molar-refractivity contribution < 1.29 is 14.3 Å². The van der Waals surface area contributed by atoms with Gasteiger partial charge in [-0.1, -0.05) is 19.1 Å². The van der Waals surface area contributed by atoms with Crippen molar-refractivity contribution in [2.24, 2.45) is 5.41 Å². The van der Waals surface area contributed by atoms with Crippen molar-refractivity contribution in [2.45, 2.75) is 33.7 Å². The van der Waals surface area contributed by atoms with Crippen molar-refractivity contribution in [1.82, 2.24) is 5.32 Å². The molecule has 20 heavy (non-hydrogen) atoms. The molecule has 1 N–H and O–H groups in total. The molecule has 1 atom stereocenters. The maximum absolute atomic E-state index is 11.6. The van der Waals surface area contributed by atoms with Crippen LogP contribution in [0.15, 0.2) is 24.3 Å². The van der Waals surface area contributed by atoms with E-state index < -0.39 is 5.41 Å². The third-order valence-corrected chi connectivity index (χ3v) is 3.23. The summed E-state index contributed by atoms with van der Waals surface area (Å²) in [4.78, 5) is 11.6. The first kappa shape index (κ1) is 16.5. The van der Waals surface area contributed by atoms with Crippen LogP contribution in [0.3, 0.4) is 0 Å². The average Bonchev–Trinajstić information content (AvgIpc) is 2.45. The molecule has 0 amide bonds. The summed E-state index contributed by atoms with van der Waals surface area (Å²) in [6.45, 7) is 9.05. The van der Waals surface area contributed by atoms with Crippen LogP contribution in [0, 0.1) is 5.41 Å². The lowest BCUT2D eigenvalue weighted by Gasteiger charge is -2.21. The van der Waals surface area contributed by atoms with Crippen LogP contribution in [-0.4, -0.2) is 26.2 Å². The van der Waals surface area contributed by atoms with Gasteiger partial charge in [-0.15, -0.1) is 0 Å². The van der Waals surface area contributed by atoms with Gasteiger partial charge in [0.15, 0.2) is 0 Å². The molecule has 0 radical (unpaired) electrons. The Morgan fingerprint density at radius 1 is 1.30 bits per heavy atom. The molecule has 0 fully saturated rings. The summed E-state index contributed by atoms with van der Waals surface area (Å²) in [5, 5.41) is 3.36. The van der Waals surface area contributed by atoms with E-state index in [1.807, 2.05) is 24.3 Å². The summed E-state index contributed by atoms with van der Waals surface area (Å²) in [7, 11) is 1.39. The topological polar surface area (TPSA) is 47.6 Å². The van der Waals surface area contributed by atoms with Crippen LogP contribution < -0.4 is 10.1 Å². The number of hydrogen-bond donors (Lipinski definition) is 1. The lowest BCUT2D eigenvalue weighted by molar-refractivity contribution is -0.152. The molecule has 1 rings (SSSR count). The molecule has 0 bridgehead atoms. The Morgan fingerprint density at radius 2 is 1.90 bits per heavy atom. The molecule has 1 aromatic rings. The molecule has 0 saturated carbocycles. The van der Waals surface area contributed by atoms with Crippen LogP contribution in [0.4, 0.5) is 0 Å². The maximum Gasteiger partial charge on any atom is 0.314 e. The summed E-state index contributed by atoms with van der Waals surface area (Å²) in [6, 6.07) is 8.25. The molecule has 4 heteroatoms. The average molecular weight is 279 g/mol. The van der Waals surface area contributed by atoms with Crippen molar-refractivity contribution in [1.29, 1.82) is 0 Å². The Kier molecular flexibility index (Phi) is 6.02. The summed E-state index contributed by atoms with van der Waals surface area (Å²) in [6.07, 6.45) is 0. The van der Waals surface area contributed by atoms with Crippen LogP contribution in [0.25, 0.3) is 0 Å². The maximum atomic E-state index is 11.6. The zero-order valence-electron chi connectivity index (χ0n) is 13.0. The second kappa shape index (κ2) is 7.29. The van der Waals surface area contributed by atoms with Gasteiger partial charge in [-0.3, -0.25) is 4.79 Å². The van der Waals surface area contributed by atoms with Crippen LogP contribution in [0.2, 0.25) is 0 Å². The van der Waals surface area contributed by atoms with Gasteiger partial charge in [0.25, 0.3) is 0 Å². The first-order valence-electron chi connectivity index (χ1n) is 6.95. The fourth-order valence-corrected chi connectivity index (χ4v) is 1.88. The second-order valence-corrected chi connectivity index (χ2v) is 5.51. The third-order valence-electron chi connectivity index (χ3n) is 3.23. The number of ether oxygens (including phenoxy) is 2. The zero-order valence-corrected chi connectivity index (χ0v) is 13.0. The lowest BCUT2D eigenvalue weighted by Crippen LogP contribution is -2.32. The van der Waals surface area contributed by atoms with Gasteiger partial charge < -0.3 is 14.8 Å². The fraction of sp³-hybridized carbons (Fsp3) is 0.562. The van der Waals surface area contributed by atoms with Crippen LogP contribution >= 0.6 is 0 Å². The van der Waals surface area contributed by atoms with E-state index in [-0.39, 0.29) is 5.97 Å². The summed E-state index contributed by atoms with van der Waals surface area (Å²) < 4.78 is 10.4. The van der Waals surface area contributed by atoms with E-state index in [1.165, 1.54) is 12.7 Å². The van der Waals surface area contributed by atoms with Gasteiger partial charge >= 0.3 is 5.97 Å². The Labute approximate surface area is 121 Å². The zero-order chi connectivity index (χ0) is 15.2. The number of benzene rings is 1. The van der Waals surface area contributed by atoms with E-state index in [0.717, 1.165) is 12.3 Å². The standard InChI is InChI=1S/C16H25NO3/c1-6-17-12(2)13-7-9-14(10-8-13)20-11-16(3,4)15(18)19-5/h7-10,12,17H,6,11H2,1-5H3. The molecule has 0 aliphatic carbocycles. The highest BCUT2D eigenvalue weighted by atomic mass is 16.5. The van der Waals surface area contributed by atoms with Gasteiger partial charge in [0.2, 0.25) is 0 Å². The van der Waals surface area contributed by atoms with E-state index in [0.29, 0.717) is 12.6 Å². The SMILES string of the molecule is CCNC(C)c1ccc(OCC(C)(C)C(=O)OC)cc1.